The summed E-state index contributed by atoms with van der Waals surface area (Å²) in [5.74, 6) is 0.174. The van der Waals surface area contributed by atoms with Gasteiger partial charge in [0.1, 0.15) is 24.1 Å². The molecule has 1 aliphatic rings. The summed E-state index contributed by atoms with van der Waals surface area (Å²) in [5.41, 5.74) is 1.18. The van der Waals surface area contributed by atoms with Crippen LogP contribution < -0.4 is 5.32 Å². The first kappa shape index (κ1) is 24.9. The van der Waals surface area contributed by atoms with Gasteiger partial charge in [0.25, 0.3) is 0 Å². The SMILES string of the molecule is OCC1=C[C@H](NCc2ccc(O)cc2)[C@H](O)C(O)[C@@H]1O.S.S.S. The fraction of sp³-hybridized carbons (Fsp3) is 0.429. The lowest BCUT2D eigenvalue weighted by molar-refractivity contribution is -0.0643. The van der Waals surface area contributed by atoms with E-state index in [0.29, 0.717) is 6.54 Å². The van der Waals surface area contributed by atoms with Gasteiger partial charge in [0.15, 0.2) is 0 Å². The monoisotopic (exact) mass is 383 g/mol. The van der Waals surface area contributed by atoms with Crippen LogP contribution in [0.2, 0.25) is 0 Å². The molecule has 0 saturated heterocycles. The van der Waals surface area contributed by atoms with Crippen molar-refractivity contribution in [1.29, 1.82) is 0 Å². The minimum absolute atomic E-state index is 0. The third-order valence-corrected chi connectivity index (χ3v) is 3.48. The van der Waals surface area contributed by atoms with Crippen LogP contribution in [0.1, 0.15) is 5.56 Å². The number of aliphatic hydroxyl groups is 4. The zero-order valence-corrected chi connectivity index (χ0v) is 15.3. The van der Waals surface area contributed by atoms with E-state index in [9.17, 15) is 20.4 Å². The van der Waals surface area contributed by atoms with Crippen molar-refractivity contribution in [3.63, 3.8) is 0 Å². The van der Waals surface area contributed by atoms with Gasteiger partial charge in [0.2, 0.25) is 0 Å². The fourth-order valence-electron chi connectivity index (χ4n) is 2.22. The second-order valence-electron chi connectivity index (χ2n) is 4.90. The van der Waals surface area contributed by atoms with Crippen LogP contribution in [0.25, 0.3) is 0 Å². The maximum absolute atomic E-state index is 9.90. The van der Waals surface area contributed by atoms with Gasteiger partial charge in [-0.15, -0.1) is 0 Å². The smallest absolute Gasteiger partial charge is 0.115 e. The molecule has 1 aromatic carbocycles. The molecule has 0 heterocycles. The molecule has 0 aromatic heterocycles. The zero-order chi connectivity index (χ0) is 14.7. The van der Waals surface area contributed by atoms with Crippen LogP contribution in [0, 0.1) is 0 Å². The minimum Gasteiger partial charge on any atom is -0.508 e. The first-order valence-corrected chi connectivity index (χ1v) is 6.40. The van der Waals surface area contributed by atoms with Crippen LogP contribution in [-0.2, 0) is 6.54 Å². The van der Waals surface area contributed by atoms with Gasteiger partial charge < -0.3 is 30.8 Å². The van der Waals surface area contributed by atoms with Gasteiger partial charge in [-0.1, -0.05) is 18.2 Å². The Morgan fingerprint density at radius 1 is 0.913 bits per heavy atom. The molecule has 0 saturated carbocycles. The Labute approximate surface area is 156 Å². The van der Waals surface area contributed by atoms with Crippen LogP contribution in [0.3, 0.4) is 0 Å². The van der Waals surface area contributed by atoms with Crippen LogP contribution >= 0.6 is 40.5 Å². The molecule has 0 radical (unpaired) electrons. The summed E-state index contributed by atoms with van der Waals surface area (Å²) >= 11 is 0. The lowest BCUT2D eigenvalue weighted by Crippen LogP contribution is -2.53. The van der Waals surface area contributed by atoms with E-state index >= 15 is 0 Å². The molecular formula is C14H25NO5S3. The quantitative estimate of drug-likeness (QED) is 0.380. The summed E-state index contributed by atoms with van der Waals surface area (Å²) in [5, 5.41) is 50.6. The lowest BCUT2D eigenvalue weighted by Gasteiger charge is -2.34. The molecule has 1 aliphatic carbocycles. The number of rotatable bonds is 4. The maximum atomic E-state index is 9.90. The third-order valence-electron chi connectivity index (χ3n) is 3.48. The highest BCUT2D eigenvalue weighted by atomic mass is 32.1. The van der Waals surface area contributed by atoms with Crippen LogP contribution in [0.15, 0.2) is 35.9 Å². The number of aromatic hydroxyl groups is 1. The van der Waals surface area contributed by atoms with Crippen molar-refractivity contribution in [2.75, 3.05) is 6.61 Å². The number of benzene rings is 1. The number of hydrogen-bond donors (Lipinski definition) is 6. The number of aliphatic hydroxyl groups excluding tert-OH is 4. The topological polar surface area (TPSA) is 113 Å². The molecule has 6 nitrogen and oxygen atoms in total. The van der Waals surface area contributed by atoms with E-state index in [1.165, 1.54) is 6.08 Å². The molecule has 0 amide bonds. The molecular weight excluding hydrogens is 358 g/mol. The van der Waals surface area contributed by atoms with Crippen molar-refractivity contribution in [2.45, 2.75) is 30.9 Å². The lowest BCUT2D eigenvalue weighted by atomic mass is 9.88. The molecule has 1 aromatic rings. The molecule has 0 spiro atoms. The molecule has 6 N–H and O–H groups in total. The van der Waals surface area contributed by atoms with Crippen molar-refractivity contribution in [3.05, 3.63) is 41.5 Å². The van der Waals surface area contributed by atoms with E-state index in [-0.39, 0.29) is 58.4 Å². The van der Waals surface area contributed by atoms with E-state index in [0.717, 1.165) is 5.56 Å². The highest BCUT2D eigenvalue weighted by Crippen LogP contribution is 2.20. The molecule has 4 atom stereocenters. The van der Waals surface area contributed by atoms with E-state index in [1.807, 2.05) is 0 Å². The first-order chi connectivity index (χ1) is 9.52. The Bertz CT molecular complexity index is 486. The van der Waals surface area contributed by atoms with Crippen molar-refractivity contribution in [1.82, 2.24) is 5.32 Å². The van der Waals surface area contributed by atoms with E-state index in [4.69, 9.17) is 5.11 Å². The van der Waals surface area contributed by atoms with E-state index in [2.05, 4.69) is 5.32 Å². The van der Waals surface area contributed by atoms with Crippen LogP contribution in [-0.4, -0.2) is 56.5 Å². The second kappa shape index (κ2) is 11.2. The van der Waals surface area contributed by atoms with Crippen molar-refractivity contribution in [2.24, 2.45) is 0 Å². The van der Waals surface area contributed by atoms with E-state index < -0.39 is 24.4 Å². The molecule has 0 bridgehead atoms. The normalized spacial score (nSPS) is 26.2. The highest BCUT2D eigenvalue weighted by Gasteiger charge is 2.36. The summed E-state index contributed by atoms with van der Waals surface area (Å²) in [7, 11) is 0. The number of phenols is 1. The molecule has 0 aliphatic heterocycles. The van der Waals surface area contributed by atoms with E-state index in [1.54, 1.807) is 24.3 Å². The summed E-state index contributed by atoms with van der Waals surface area (Å²) < 4.78 is 0. The zero-order valence-electron chi connectivity index (χ0n) is 12.3. The average Bonchev–Trinajstić information content (AvgIpc) is 2.46. The fourth-order valence-corrected chi connectivity index (χ4v) is 2.22. The average molecular weight is 384 g/mol. The van der Waals surface area contributed by atoms with Gasteiger partial charge in [0.05, 0.1) is 12.6 Å². The summed E-state index contributed by atoms with van der Waals surface area (Å²) in [6.07, 6.45) is -2.21. The number of phenolic OH excluding ortho intramolecular Hbond substituents is 1. The van der Waals surface area contributed by atoms with Crippen LogP contribution in [0.4, 0.5) is 0 Å². The highest BCUT2D eigenvalue weighted by molar-refractivity contribution is 7.59. The van der Waals surface area contributed by atoms with Crippen molar-refractivity contribution in [3.8, 4) is 5.75 Å². The molecule has 0 fully saturated rings. The van der Waals surface area contributed by atoms with Gasteiger partial charge in [0, 0.05) is 6.54 Å². The molecule has 1 unspecified atom stereocenters. The standard InChI is InChI=1S/C14H19NO5.3H2S/c16-7-9-5-11(13(19)14(20)12(9)18)15-6-8-1-3-10(17)4-2-8;;;/h1-5,11-20H,6-7H2;3*1H2/t11-,12+,13-,14?;;;/m0.../s1. The summed E-state index contributed by atoms with van der Waals surface area (Å²) in [6, 6.07) is 6.02. The molecule has 134 valence electrons. The molecule has 23 heavy (non-hydrogen) atoms. The summed E-state index contributed by atoms with van der Waals surface area (Å²) in [4.78, 5) is 0. The Kier molecular flexibility index (Phi) is 12.1. The van der Waals surface area contributed by atoms with Gasteiger partial charge >= 0.3 is 0 Å². The molecule has 9 heteroatoms. The predicted octanol–water partition coefficient (Wildman–Crippen LogP) is -0.796. The van der Waals surface area contributed by atoms with Crippen molar-refractivity contribution < 1.29 is 25.5 Å². The Balaban J connectivity index is 0. The maximum Gasteiger partial charge on any atom is 0.115 e. The number of nitrogens with one attached hydrogen (secondary N) is 1. The van der Waals surface area contributed by atoms with Gasteiger partial charge in [-0.25, -0.2) is 0 Å². The number of hydrogen-bond acceptors (Lipinski definition) is 6. The Morgan fingerprint density at radius 2 is 1.48 bits per heavy atom. The predicted molar refractivity (Wildman–Crippen MR) is 103 cm³/mol. The third kappa shape index (κ3) is 6.20. The Morgan fingerprint density at radius 3 is 2.00 bits per heavy atom. The summed E-state index contributed by atoms with van der Waals surface area (Å²) in [6.45, 7) is 0.0440. The first-order valence-electron chi connectivity index (χ1n) is 6.40. The van der Waals surface area contributed by atoms with Crippen LogP contribution in [0.5, 0.6) is 5.75 Å². The molecule has 2 rings (SSSR count). The van der Waals surface area contributed by atoms with Crippen molar-refractivity contribution >= 4 is 40.5 Å². The minimum atomic E-state index is -1.33. The Hall–Kier alpha value is -0.390. The van der Waals surface area contributed by atoms with Gasteiger partial charge in [-0.2, -0.15) is 40.5 Å². The van der Waals surface area contributed by atoms with Gasteiger partial charge in [-0.05, 0) is 23.3 Å². The largest absolute Gasteiger partial charge is 0.508 e. The second-order valence-corrected chi connectivity index (χ2v) is 4.90. The van der Waals surface area contributed by atoms with Gasteiger partial charge in [-0.3, -0.25) is 0 Å².